The Hall–Kier alpha value is -1.62. The first-order valence-corrected chi connectivity index (χ1v) is 3.42. The molecule has 2 nitrogen and oxygen atoms in total. The van der Waals surface area contributed by atoms with Crippen molar-refractivity contribution in [3.63, 3.8) is 0 Å². The van der Waals surface area contributed by atoms with E-state index in [4.69, 9.17) is 5.39 Å². The van der Waals surface area contributed by atoms with Gasteiger partial charge in [-0.3, -0.25) is 0 Å². The van der Waals surface area contributed by atoms with Crippen molar-refractivity contribution in [3.8, 4) is 0 Å². The zero-order valence-corrected chi connectivity index (χ0v) is 6.20. The average Bonchev–Trinajstić information content (AvgIpc) is 2.06. The molecule has 0 saturated heterocycles. The number of nitrogens with zero attached hydrogens (tertiary/aromatic N) is 2. The summed E-state index contributed by atoms with van der Waals surface area (Å²) in [5, 5.41) is 8.54. The normalized spacial score (nSPS) is 8.64. The van der Waals surface area contributed by atoms with Gasteiger partial charge in [0, 0.05) is 6.07 Å². The van der Waals surface area contributed by atoms with Gasteiger partial charge >= 0.3 is 5.69 Å². The van der Waals surface area contributed by atoms with Crippen LogP contribution in [0.5, 0.6) is 0 Å². The van der Waals surface area contributed by atoms with E-state index < -0.39 is 0 Å². The number of hydrogen-bond acceptors (Lipinski definition) is 1. The molecule has 1 rings (SSSR count). The van der Waals surface area contributed by atoms with Crippen molar-refractivity contribution in [2.24, 2.45) is 0 Å². The summed E-state index contributed by atoms with van der Waals surface area (Å²) < 4.78 is 0. The van der Waals surface area contributed by atoms with Gasteiger partial charge in [-0.1, -0.05) is 24.3 Å². The van der Waals surface area contributed by atoms with Crippen LogP contribution in [0.4, 0.5) is 5.69 Å². The molecular formula is C9H9N2+. The van der Waals surface area contributed by atoms with Crippen LogP contribution in [0.15, 0.2) is 36.9 Å². The van der Waals surface area contributed by atoms with E-state index in [0.29, 0.717) is 5.69 Å². The Labute approximate surface area is 65.8 Å². The highest BCUT2D eigenvalue weighted by molar-refractivity contribution is 5.51. The van der Waals surface area contributed by atoms with Gasteiger partial charge in [0.25, 0.3) is 0 Å². The molecule has 0 fully saturated rings. The zero-order valence-electron chi connectivity index (χ0n) is 6.20. The molecule has 0 heterocycles. The van der Waals surface area contributed by atoms with Crippen LogP contribution >= 0.6 is 0 Å². The van der Waals surface area contributed by atoms with E-state index in [1.165, 1.54) is 0 Å². The Morgan fingerprint density at radius 2 is 2.18 bits per heavy atom. The number of rotatable bonds is 2. The second-order valence-electron chi connectivity index (χ2n) is 2.22. The van der Waals surface area contributed by atoms with E-state index in [0.717, 1.165) is 12.0 Å². The molecule has 0 saturated carbocycles. The van der Waals surface area contributed by atoms with Crippen molar-refractivity contribution in [2.45, 2.75) is 6.42 Å². The summed E-state index contributed by atoms with van der Waals surface area (Å²) in [5.41, 5.74) is 1.61. The van der Waals surface area contributed by atoms with Gasteiger partial charge in [-0.2, -0.15) is 0 Å². The minimum atomic E-state index is 0.618. The lowest BCUT2D eigenvalue weighted by atomic mass is 10.1. The minimum absolute atomic E-state index is 0.618. The Kier molecular flexibility index (Phi) is 2.40. The predicted octanol–water partition coefficient (Wildman–Crippen LogP) is 2.90. The van der Waals surface area contributed by atoms with Crippen LogP contribution in [0.1, 0.15) is 5.56 Å². The van der Waals surface area contributed by atoms with E-state index in [-0.39, 0.29) is 0 Å². The van der Waals surface area contributed by atoms with Gasteiger partial charge in [-0.05, 0) is 6.42 Å². The van der Waals surface area contributed by atoms with Crippen molar-refractivity contribution in [3.05, 3.63) is 47.5 Å². The number of allylic oxidation sites excluding steroid dienone is 1. The SMILES string of the molecule is C=CCc1ccccc1[N+]#N. The molecular weight excluding hydrogens is 136 g/mol. The molecule has 0 radical (unpaired) electrons. The first kappa shape index (κ1) is 7.49. The molecule has 0 aliphatic carbocycles. The molecule has 0 aromatic heterocycles. The molecule has 0 unspecified atom stereocenters. The summed E-state index contributed by atoms with van der Waals surface area (Å²) in [4.78, 5) is 3.14. The summed E-state index contributed by atoms with van der Waals surface area (Å²) in [6.45, 7) is 3.61. The third-order valence-corrected chi connectivity index (χ3v) is 1.46. The maximum absolute atomic E-state index is 8.54. The monoisotopic (exact) mass is 145 g/mol. The van der Waals surface area contributed by atoms with Crippen LogP contribution < -0.4 is 0 Å². The maximum Gasteiger partial charge on any atom is 0.388 e. The summed E-state index contributed by atoms with van der Waals surface area (Å²) in [6, 6.07) is 7.42. The topological polar surface area (TPSA) is 28.1 Å². The van der Waals surface area contributed by atoms with Crippen molar-refractivity contribution < 1.29 is 0 Å². The molecule has 0 N–H and O–H groups in total. The molecule has 54 valence electrons. The molecule has 0 atom stereocenters. The lowest BCUT2D eigenvalue weighted by molar-refractivity contribution is 1.28. The van der Waals surface area contributed by atoms with E-state index >= 15 is 0 Å². The van der Waals surface area contributed by atoms with Crippen molar-refractivity contribution >= 4 is 5.69 Å². The molecule has 2 heteroatoms. The number of hydrogen-bond donors (Lipinski definition) is 0. The summed E-state index contributed by atoms with van der Waals surface area (Å²) >= 11 is 0. The molecule has 0 aliphatic heterocycles. The highest BCUT2D eigenvalue weighted by atomic mass is 14.8. The number of diazo groups is 1. The van der Waals surface area contributed by atoms with Gasteiger partial charge in [-0.15, -0.1) is 6.58 Å². The second-order valence-corrected chi connectivity index (χ2v) is 2.22. The van der Waals surface area contributed by atoms with E-state index in [2.05, 4.69) is 11.6 Å². The fourth-order valence-electron chi connectivity index (χ4n) is 0.936. The van der Waals surface area contributed by atoms with E-state index in [9.17, 15) is 0 Å². The first-order chi connectivity index (χ1) is 5.38. The molecule has 1 aromatic rings. The van der Waals surface area contributed by atoms with Crippen LogP contribution in [-0.2, 0) is 6.42 Å². The molecule has 0 bridgehead atoms. The smallest absolute Gasteiger partial charge is 0.103 e. The lowest BCUT2D eigenvalue weighted by Crippen LogP contribution is -1.78. The highest BCUT2D eigenvalue weighted by Crippen LogP contribution is 2.18. The second kappa shape index (κ2) is 3.52. The number of benzene rings is 1. The minimum Gasteiger partial charge on any atom is -0.103 e. The van der Waals surface area contributed by atoms with Crippen LogP contribution in [-0.4, -0.2) is 0 Å². The van der Waals surface area contributed by atoms with Crippen LogP contribution in [0, 0.1) is 5.39 Å². The van der Waals surface area contributed by atoms with Gasteiger partial charge in [-0.25, -0.2) is 0 Å². The molecule has 0 amide bonds. The largest absolute Gasteiger partial charge is 0.388 e. The maximum atomic E-state index is 8.54. The van der Waals surface area contributed by atoms with Crippen LogP contribution in [0.25, 0.3) is 4.98 Å². The van der Waals surface area contributed by atoms with Crippen LogP contribution in [0.2, 0.25) is 0 Å². The predicted molar refractivity (Wildman–Crippen MR) is 45.1 cm³/mol. The van der Waals surface area contributed by atoms with E-state index in [1.807, 2.05) is 18.2 Å². The highest BCUT2D eigenvalue weighted by Gasteiger charge is 2.08. The molecule has 0 aliphatic rings. The third kappa shape index (κ3) is 1.65. The van der Waals surface area contributed by atoms with Gasteiger partial charge in [0.15, 0.2) is 4.98 Å². The average molecular weight is 145 g/mol. The molecule has 1 aromatic carbocycles. The van der Waals surface area contributed by atoms with Crippen molar-refractivity contribution in [1.82, 2.24) is 0 Å². The molecule has 11 heavy (non-hydrogen) atoms. The quantitative estimate of drug-likeness (QED) is 0.464. The van der Waals surface area contributed by atoms with E-state index in [1.54, 1.807) is 12.1 Å². The van der Waals surface area contributed by atoms with Gasteiger partial charge in [0.2, 0.25) is 5.39 Å². The summed E-state index contributed by atoms with van der Waals surface area (Å²) in [5.74, 6) is 0. The zero-order chi connectivity index (χ0) is 8.10. The Morgan fingerprint density at radius 3 is 2.82 bits per heavy atom. The third-order valence-electron chi connectivity index (χ3n) is 1.46. The molecule has 0 spiro atoms. The first-order valence-electron chi connectivity index (χ1n) is 3.42. The Balaban J connectivity index is 3.04. The van der Waals surface area contributed by atoms with Crippen molar-refractivity contribution in [1.29, 1.82) is 5.39 Å². The Morgan fingerprint density at radius 1 is 1.45 bits per heavy atom. The lowest BCUT2D eigenvalue weighted by Gasteiger charge is -1.88. The fraction of sp³-hybridized carbons (Fsp3) is 0.111. The summed E-state index contributed by atoms with van der Waals surface area (Å²) in [6.07, 6.45) is 2.52. The summed E-state index contributed by atoms with van der Waals surface area (Å²) in [7, 11) is 0. The van der Waals surface area contributed by atoms with Gasteiger partial charge < -0.3 is 0 Å². The van der Waals surface area contributed by atoms with Gasteiger partial charge in [0.05, 0.1) is 5.56 Å². The standard InChI is InChI=1S/C9H9N2/c1-2-5-8-6-3-4-7-9(8)11-10/h2-4,6-7H,1,5H2/q+1. The van der Waals surface area contributed by atoms with Gasteiger partial charge in [0.1, 0.15) is 0 Å². The van der Waals surface area contributed by atoms with Crippen LogP contribution in [0.3, 0.4) is 0 Å². The fourth-order valence-corrected chi connectivity index (χ4v) is 0.936. The Bertz CT molecular complexity index is 297. The van der Waals surface area contributed by atoms with Crippen molar-refractivity contribution in [2.75, 3.05) is 0 Å².